The fraction of sp³-hybridized carbons (Fsp3) is 0.409. The molecule has 5 nitrogen and oxygen atoms in total. The number of sulfonamides is 1. The minimum absolute atomic E-state index is 0.0946. The molecular weight excluding hydrogens is 429 g/mol. The van der Waals surface area contributed by atoms with Gasteiger partial charge in [-0.05, 0) is 41.2 Å². The van der Waals surface area contributed by atoms with Crippen LogP contribution in [0.2, 0.25) is 0 Å². The molecule has 0 bridgehead atoms. The summed E-state index contributed by atoms with van der Waals surface area (Å²) in [7, 11) is -4.21. The Morgan fingerprint density at radius 3 is 1.87 bits per heavy atom. The van der Waals surface area contributed by atoms with Gasteiger partial charge in [-0.25, -0.2) is 0 Å². The zero-order chi connectivity index (χ0) is 23.6. The molecule has 0 aliphatic carbocycles. The van der Waals surface area contributed by atoms with Gasteiger partial charge in [-0.15, -0.1) is 4.40 Å². The number of fused-ring (bicyclic) bond motifs is 1. The van der Waals surface area contributed by atoms with E-state index in [9.17, 15) is 26.7 Å². The third-order valence-electron chi connectivity index (χ3n) is 5.05. The van der Waals surface area contributed by atoms with Gasteiger partial charge in [-0.1, -0.05) is 41.5 Å². The van der Waals surface area contributed by atoms with Crippen LogP contribution in [0.4, 0.5) is 18.9 Å². The van der Waals surface area contributed by atoms with Gasteiger partial charge in [0.05, 0.1) is 11.3 Å². The number of nitrogens with one attached hydrogen (secondary N) is 1. The van der Waals surface area contributed by atoms with Crippen molar-refractivity contribution in [2.75, 3.05) is 5.32 Å². The highest BCUT2D eigenvalue weighted by Gasteiger charge is 2.35. The van der Waals surface area contributed by atoms with E-state index in [4.69, 9.17) is 0 Å². The Morgan fingerprint density at radius 1 is 0.903 bits per heavy atom. The maximum absolute atomic E-state index is 13.1. The van der Waals surface area contributed by atoms with Crippen LogP contribution in [-0.4, -0.2) is 19.4 Å². The molecule has 168 valence electrons. The van der Waals surface area contributed by atoms with Crippen molar-refractivity contribution in [3.05, 3.63) is 52.6 Å². The Hall–Kier alpha value is -2.55. The fourth-order valence-corrected chi connectivity index (χ4v) is 4.51. The molecule has 0 fully saturated rings. The van der Waals surface area contributed by atoms with Crippen LogP contribution in [0.15, 0.2) is 39.6 Å². The maximum atomic E-state index is 13.1. The summed E-state index contributed by atoms with van der Waals surface area (Å²) in [5.41, 5.74) is -0.600. The molecule has 3 rings (SSSR count). The summed E-state index contributed by atoms with van der Waals surface area (Å²) in [6, 6.07) is 5.61. The van der Waals surface area contributed by atoms with E-state index in [-0.39, 0.29) is 22.2 Å². The number of rotatable bonds is 1. The first-order chi connectivity index (χ1) is 13.9. The van der Waals surface area contributed by atoms with Gasteiger partial charge in [0, 0.05) is 16.7 Å². The van der Waals surface area contributed by atoms with Crippen molar-refractivity contribution in [2.24, 2.45) is 4.40 Å². The predicted octanol–water partition coefficient (Wildman–Crippen LogP) is 5.57. The SMILES string of the molecule is CC(C)(C)c1cc(C2=NS(=O)(=O)c3ccc(C(F)(F)F)cc3N2)cc(C(C)(C)C)c1O. The molecule has 1 aliphatic rings. The minimum atomic E-state index is -4.62. The summed E-state index contributed by atoms with van der Waals surface area (Å²) in [6.07, 6.45) is -4.62. The Bertz CT molecular complexity index is 1150. The van der Waals surface area contributed by atoms with Crippen molar-refractivity contribution < 1.29 is 26.7 Å². The zero-order valence-electron chi connectivity index (χ0n) is 18.1. The number of hydrogen-bond donors (Lipinski definition) is 2. The van der Waals surface area contributed by atoms with Crippen LogP contribution >= 0.6 is 0 Å². The summed E-state index contributed by atoms with van der Waals surface area (Å²) >= 11 is 0. The van der Waals surface area contributed by atoms with Gasteiger partial charge in [-0.3, -0.25) is 0 Å². The minimum Gasteiger partial charge on any atom is -0.507 e. The Labute approximate surface area is 180 Å². The quantitative estimate of drug-likeness (QED) is 0.591. The van der Waals surface area contributed by atoms with Crippen molar-refractivity contribution >= 4 is 21.5 Å². The normalized spacial score (nSPS) is 16.4. The number of anilines is 1. The molecular formula is C22H25F3N2O3S. The van der Waals surface area contributed by atoms with E-state index in [1.54, 1.807) is 12.1 Å². The first-order valence-electron chi connectivity index (χ1n) is 9.63. The largest absolute Gasteiger partial charge is 0.507 e. The number of alkyl halides is 3. The van der Waals surface area contributed by atoms with Crippen molar-refractivity contribution in [3.63, 3.8) is 0 Å². The Kier molecular flexibility index (Phi) is 5.21. The lowest BCUT2D eigenvalue weighted by Gasteiger charge is -2.29. The molecule has 0 radical (unpaired) electrons. The van der Waals surface area contributed by atoms with Crippen molar-refractivity contribution in [3.8, 4) is 5.75 Å². The van der Waals surface area contributed by atoms with E-state index >= 15 is 0 Å². The van der Waals surface area contributed by atoms with Gasteiger partial charge in [-0.2, -0.15) is 21.6 Å². The molecule has 0 unspecified atom stereocenters. The maximum Gasteiger partial charge on any atom is 0.416 e. The van der Waals surface area contributed by atoms with Crippen LogP contribution in [0.1, 0.15) is 63.8 Å². The molecule has 9 heteroatoms. The van der Waals surface area contributed by atoms with Gasteiger partial charge in [0.25, 0.3) is 10.0 Å². The molecule has 2 aromatic rings. The van der Waals surface area contributed by atoms with E-state index in [0.717, 1.165) is 12.1 Å². The third kappa shape index (κ3) is 4.42. The highest BCUT2D eigenvalue weighted by atomic mass is 32.2. The second kappa shape index (κ2) is 6.98. The van der Waals surface area contributed by atoms with Gasteiger partial charge in [0.2, 0.25) is 0 Å². The highest BCUT2D eigenvalue weighted by molar-refractivity contribution is 7.90. The number of amidine groups is 1. The lowest BCUT2D eigenvalue weighted by atomic mass is 9.78. The summed E-state index contributed by atoms with van der Waals surface area (Å²) in [5, 5.41) is 13.6. The molecule has 0 spiro atoms. The van der Waals surface area contributed by atoms with Gasteiger partial charge in [0.15, 0.2) is 5.84 Å². The smallest absolute Gasteiger partial charge is 0.416 e. The Balaban J connectivity index is 2.24. The summed E-state index contributed by atoms with van der Waals surface area (Å²) in [6.45, 7) is 11.4. The van der Waals surface area contributed by atoms with Gasteiger partial charge < -0.3 is 10.4 Å². The molecule has 2 N–H and O–H groups in total. The van der Waals surface area contributed by atoms with Crippen LogP contribution in [-0.2, 0) is 27.0 Å². The van der Waals surface area contributed by atoms with Crippen molar-refractivity contribution in [2.45, 2.75) is 63.4 Å². The van der Waals surface area contributed by atoms with E-state index in [2.05, 4.69) is 9.71 Å². The van der Waals surface area contributed by atoms with Crippen LogP contribution in [0.3, 0.4) is 0 Å². The molecule has 1 heterocycles. The number of hydrogen-bond acceptors (Lipinski definition) is 4. The van der Waals surface area contributed by atoms with E-state index < -0.39 is 32.6 Å². The molecule has 1 aliphatic heterocycles. The van der Waals surface area contributed by atoms with Gasteiger partial charge >= 0.3 is 6.18 Å². The summed E-state index contributed by atoms with van der Waals surface area (Å²) < 4.78 is 68.6. The van der Waals surface area contributed by atoms with Crippen LogP contribution < -0.4 is 5.32 Å². The standard InChI is InChI=1S/C22H25F3N2O3S/c1-20(2,3)14-9-12(10-15(18(14)28)21(4,5)6)19-26-16-11-13(22(23,24)25)7-8-17(16)31(29,30)27-19/h7-11,28H,1-6H3,(H,26,27). The fourth-order valence-electron chi connectivity index (χ4n) is 3.39. The van der Waals surface area contributed by atoms with Crippen molar-refractivity contribution in [1.82, 2.24) is 0 Å². The molecule has 0 aromatic heterocycles. The first-order valence-corrected chi connectivity index (χ1v) is 11.1. The summed E-state index contributed by atoms with van der Waals surface area (Å²) in [4.78, 5) is -0.324. The topological polar surface area (TPSA) is 78.8 Å². The molecule has 0 amide bonds. The zero-order valence-corrected chi connectivity index (χ0v) is 19.0. The third-order valence-corrected chi connectivity index (χ3v) is 6.38. The van der Waals surface area contributed by atoms with E-state index in [0.29, 0.717) is 22.8 Å². The highest BCUT2D eigenvalue weighted by Crippen LogP contribution is 2.41. The Morgan fingerprint density at radius 2 is 1.42 bits per heavy atom. The van der Waals surface area contributed by atoms with E-state index in [1.807, 2.05) is 41.5 Å². The summed E-state index contributed by atoms with van der Waals surface area (Å²) in [5.74, 6) is 0.00518. The molecule has 2 aromatic carbocycles. The monoisotopic (exact) mass is 454 g/mol. The molecule has 0 saturated heterocycles. The molecule has 0 saturated carbocycles. The van der Waals surface area contributed by atoms with Gasteiger partial charge in [0.1, 0.15) is 10.6 Å². The lowest BCUT2D eigenvalue weighted by molar-refractivity contribution is -0.137. The molecule has 31 heavy (non-hydrogen) atoms. The average Bonchev–Trinajstić information content (AvgIpc) is 2.58. The number of benzene rings is 2. The van der Waals surface area contributed by atoms with Crippen LogP contribution in [0.5, 0.6) is 5.75 Å². The number of phenolic OH excluding ortho intramolecular Hbond substituents is 1. The second-order valence-corrected chi connectivity index (χ2v) is 11.2. The van der Waals surface area contributed by atoms with Crippen molar-refractivity contribution in [1.29, 1.82) is 0 Å². The number of aromatic hydroxyl groups is 1. The van der Waals surface area contributed by atoms with Crippen LogP contribution in [0, 0.1) is 0 Å². The number of halogens is 3. The first kappa shape index (κ1) is 23.1. The molecule has 0 atom stereocenters. The predicted molar refractivity (Wildman–Crippen MR) is 114 cm³/mol. The second-order valence-electron chi connectivity index (χ2n) is 9.67. The van der Waals surface area contributed by atoms with Crippen LogP contribution in [0.25, 0.3) is 0 Å². The van der Waals surface area contributed by atoms with E-state index in [1.165, 1.54) is 0 Å². The lowest BCUT2D eigenvalue weighted by Crippen LogP contribution is -2.25. The number of nitrogens with zero attached hydrogens (tertiary/aromatic N) is 1. The number of phenols is 1. The average molecular weight is 455 g/mol.